The predicted octanol–water partition coefficient (Wildman–Crippen LogP) is 4.53. The van der Waals surface area contributed by atoms with E-state index in [-0.39, 0.29) is 89.5 Å². The number of benzene rings is 2. The average molecular weight is 1680 g/mol. The number of amides is 4. The number of fused-ring (bicyclic) bond motifs is 2. The normalized spacial score (nSPS) is 30.7. The number of carbonyl (C=O) groups is 6. The van der Waals surface area contributed by atoms with Gasteiger partial charge in [-0.15, -0.1) is 0 Å². The summed E-state index contributed by atoms with van der Waals surface area (Å²) in [5.74, 6) is 10.5. The van der Waals surface area contributed by atoms with Crippen molar-refractivity contribution in [2.45, 2.75) is 221 Å². The Morgan fingerprint density at radius 1 is 0.870 bits per heavy atom. The number of primary amides is 1. The van der Waals surface area contributed by atoms with Gasteiger partial charge in [0.1, 0.15) is 42.4 Å². The van der Waals surface area contributed by atoms with Crippen molar-refractivity contribution in [2.24, 2.45) is 10.8 Å². The molecule has 2 aromatic carbocycles. The maximum absolute atomic E-state index is 14.6. The van der Waals surface area contributed by atoms with Crippen molar-refractivity contribution in [3.05, 3.63) is 79.6 Å². The first-order valence-electron chi connectivity index (χ1n) is 34.9. The van der Waals surface area contributed by atoms with E-state index in [1.807, 2.05) is 43.4 Å². The molecular formula is C73H97IN6O25S3. The van der Waals surface area contributed by atoms with Crippen molar-refractivity contribution in [3.63, 3.8) is 0 Å². The molecule has 0 unspecified atom stereocenters. The van der Waals surface area contributed by atoms with Gasteiger partial charge in [0.05, 0.1) is 109 Å². The van der Waals surface area contributed by atoms with Crippen LogP contribution in [0.25, 0.3) is 0 Å². The SMILES string of the molecule is CCN(C(C)=O)[C@H]1CO[C@@H](O[C@H]2[C@H](O[C@H]3C#C/C=C\C#C[C@]4(O)CC(=O)C(NC(=O)OC)=C3/C4=C\CSSC(C)(C)CC(=O)N/N=C(\C)c3ccc(OCCCC(N)=O)cc3)O[C@H](C)[C@@H](NO[C@H]3C[C@H](O)[C@H](SC(=O)c4c(C)c(I)c(O[C@@H]5O[C@@H](C)[C@H](O)[C@@H](OC)[C@H]5O)c(OC)c4OC)[C@@H](C)O3)[C@@H]2O)C[C@@H]1OC. The van der Waals surface area contributed by atoms with E-state index in [4.69, 9.17) is 72.2 Å². The van der Waals surface area contributed by atoms with Crippen LogP contribution in [0.1, 0.15) is 115 Å². The number of halogens is 1. The van der Waals surface area contributed by atoms with E-state index < -0.39 is 149 Å². The highest BCUT2D eigenvalue weighted by atomic mass is 127. The molecule has 4 heterocycles. The van der Waals surface area contributed by atoms with Crippen molar-refractivity contribution in [1.82, 2.24) is 21.1 Å². The summed E-state index contributed by atoms with van der Waals surface area (Å²) in [7, 11) is 9.28. The van der Waals surface area contributed by atoms with Crippen LogP contribution >= 0.6 is 55.9 Å². The van der Waals surface area contributed by atoms with E-state index in [1.54, 1.807) is 69.9 Å². The Morgan fingerprint density at radius 2 is 1.57 bits per heavy atom. The van der Waals surface area contributed by atoms with Gasteiger partial charge >= 0.3 is 6.09 Å². The van der Waals surface area contributed by atoms with Gasteiger partial charge < -0.3 is 97.7 Å². The number of hydrogen-bond acceptors (Lipinski definition) is 30. The van der Waals surface area contributed by atoms with Crippen molar-refractivity contribution in [2.75, 3.05) is 61.1 Å². The number of hydroxylamine groups is 1. The van der Waals surface area contributed by atoms with Crippen LogP contribution in [-0.4, -0.2) is 252 Å². The molecule has 4 aliphatic heterocycles. The van der Waals surface area contributed by atoms with Crippen molar-refractivity contribution in [3.8, 4) is 46.7 Å². The molecule has 4 fully saturated rings. The van der Waals surface area contributed by atoms with Crippen molar-refractivity contribution >= 4 is 96.4 Å². The molecule has 594 valence electrons. The lowest BCUT2D eigenvalue weighted by atomic mass is 9.75. The number of thioether (sulfide) groups is 1. The van der Waals surface area contributed by atoms with E-state index in [2.05, 4.69) is 45.0 Å². The lowest BCUT2D eigenvalue weighted by Crippen LogP contribution is -2.65. The summed E-state index contributed by atoms with van der Waals surface area (Å²) >= 11 is 2.78. The van der Waals surface area contributed by atoms with Crippen LogP contribution in [0.4, 0.5) is 4.79 Å². The van der Waals surface area contributed by atoms with Crippen LogP contribution in [0.5, 0.6) is 23.0 Å². The number of methoxy groups -OCH3 is 5. The summed E-state index contributed by atoms with van der Waals surface area (Å²) in [6.07, 6.45) is -15.2. The molecular weight excluding hydrogens is 1580 g/mol. The number of carbonyl (C=O) groups excluding carboxylic acids is 6. The van der Waals surface area contributed by atoms with Crippen LogP contribution in [0.3, 0.4) is 0 Å². The molecule has 6 aliphatic rings. The van der Waals surface area contributed by atoms with Crippen molar-refractivity contribution in [1.29, 1.82) is 0 Å². The zero-order valence-corrected chi connectivity index (χ0v) is 67.1. The Bertz CT molecular complexity index is 3800. The zero-order valence-electron chi connectivity index (χ0n) is 62.5. The van der Waals surface area contributed by atoms with Gasteiger partial charge in [0.25, 0.3) is 0 Å². The third kappa shape index (κ3) is 21.7. The maximum atomic E-state index is 14.6. The van der Waals surface area contributed by atoms with E-state index in [0.717, 1.165) is 24.4 Å². The highest BCUT2D eigenvalue weighted by Crippen LogP contribution is 2.49. The minimum absolute atomic E-state index is 0.00339. The third-order valence-electron chi connectivity index (χ3n) is 18.6. The molecule has 0 saturated carbocycles. The molecule has 10 N–H and O–H groups in total. The molecule has 0 aromatic heterocycles. The standard InChI is InChI=1S/C73H97IN6O25S3/c1-15-80(41(7)81)45-35-98-52(32-49(45)92-10)103-65-60(87)57(79-105-53-31-46(82)67(40(6)99-53)107-68(89)54-36(2)56(74)63(66(95-13)62(54)93-11)104-69-61(88)64(94-12)59(86)39(5)101-69)38(4)100-70(65)102-48-21-18-16-17-19-28-73(91)33-47(83)58(76-71(90)96-14)55(48)44(73)27-30-106-108-72(8,9)34-51(85)78-77-37(3)42-23-25-43(26-24-42)97-29-20-22-50(75)84/h16-17,23-27,38-40,45-46,48-49,52-53,57,59-61,64-65,67,69-70,79,82,86-88,91H,15,20,22,29-35H2,1-14H3,(H2,75,84)(H,76,90)(H,78,85)/b17-16-,44-27+,77-37+/t38-,39+,40-,45+,46+,48+,49+,52+,53+,57-,59+,60+,61-,64-,65-,67-,69+,70+,73+/m1/s1. The number of allylic oxidation sites excluding steroid dienone is 3. The number of nitrogens with zero attached hydrogens (tertiary/aromatic N) is 2. The monoisotopic (exact) mass is 1680 g/mol. The highest BCUT2D eigenvalue weighted by molar-refractivity contribution is 14.1. The van der Waals surface area contributed by atoms with Crippen LogP contribution in [-0.2, 0) is 66.6 Å². The highest BCUT2D eigenvalue weighted by Gasteiger charge is 2.53. The molecule has 2 aromatic rings. The minimum Gasteiger partial charge on any atom is -0.494 e. The number of aliphatic hydroxyl groups excluding tert-OH is 4. The Morgan fingerprint density at radius 3 is 2.22 bits per heavy atom. The number of nitrogens with one attached hydrogen (secondary N) is 3. The number of aliphatic hydroxyl groups is 5. The summed E-state index contributed by atoms with van der Waals surface area (Å²) in [4.78, 5) is 87.5. The second kappa shape index (κ2) is 39.8. The number of alkyl carbamates (subject to hydrolysis) is 1. The minimum atomic E-state index is -2.23. The van der Waals surface area contributed by atoms with Gasteiger partial charge in [0.2, 0.25) is 34.9 Å². The van der Waals surface area contributed by atoms with Crippen molar-refractivity contribution < 1.29 is 121 Å². The largest absolute Gasteiger partial charge is 0.494 e. The fraction of sp³-hybridized carbons (Fsp3) is 0.603. The zero-order chi connectivity index (χ0) is 79.1. The van der Waals surface area contributed by atoms with Crippen LogP contribution < -0.4 is 40.9 Å². The second-order valence-corrected chi connectivity index (χ2v) is 32.0. The quantitative estimate of drug-likeness (QED) is 0.0125. The summed E-state index contributed by atoms with van der Waals surface area (Å²) in [5, 5.41) is 64.5. The second-order valence-electron chi connectivity index (χ2n) is 26.7. The first-order chi connectivity index (χ1) is 51.3. The van der Waals surface area contributed by atoms with Crippen LogP contribution in [0, 0.1) is 34.2 Å². The molecule has 31 nitrogen and oxygen atoms in total. The number of rotatable bonds is 31. The van der Waals surface area contributed by atoms with E-state index in [1.165, 1.54) is 69.1 Å². The molecule has 8 rings (SSSR count). The average Bonchev–Trinajstić information content (AvgIpc) is 0.755. The van der Waals surface area contributed by atoms with Gasteiger partial charge in [0, 0.05) is 75.0 Å². The predicted molar refractivity (Wildman–Crippen MR) is 405 cm³/mol. The van der Waals surface area contributed by atoms with E-state index >= 15 is 0 Å². The number of hydrazone groups is 1. The molecule has 19 atom stereocenters. The lowest BCUT2D eigenvalue weighted by Gasteiger charge is -2.47. The summed E-state index contributed by atoms with van der Waals surface area (Å²) in [5.41, 5.74) is 9.81. The summed E-state index contributed by atoms with van der Waals surface area (Å²) < 4.78 is 78.2. The Hall–Kier alpha value is -6.15. The Balaban J connectivity index is 1.02. The number of ketones is 1. The first-order valence-corrected chi connectivity index (χ1v) is 39.2. The number of nitrogens with two attached hydrogens (primary N) is 1. The molecule has 35 heteroatoms. The summed E-state index contributed by atoms with van der Waals surface area (Å²) in [6.45, 7) is 15.9. The van der Waals surface area contributed by atoms with Gasteiger partial charge in [-0.25, -0.2) is 10.2 Å². The van der Waals surface area contributed by atoms with Crippen LogP contribution in [0.15, 0.2) is 64.4 Å². The lowest BCUT2D eigenvalue weighted by molar-refractivity contribution is -0.337. The fourth-order valence-electron chi connectivity index (χ4n) is 13.0. The molecule has 4 amide bonds. The number of likely N-dealkylation sites (N-methyl/N-ethyl adjacent to an activating group) is 1. The molecule has 0 radical (unpaired) electrons. The van der Waals surface area contributed by atoms with Crippen LogP contribution in [0.2, 0.25) is 0 Å². The smallest absolute Gasteiger partial charge is 0.411 e. The van der Waals surface area contributed by atoms with Gasteiger partial charge in [-0.1, -0.05) is 63.1 Å². The third-order valence-corrected chi connectivity index (χ3v) is 24.4. The van der Waals surface area contributed by atoms with E-state index in [0.29, 0.717) is 40.2 Å². The maximum Gasteiger partial charge on any atom is 0.411 e. The van der Waals surface area contributed by atoms with Gasteiger partial charge in [-0.05, 0) is 132 Å². The molecule has 0 spiro atoms. The first kappa shape index (κ1) is 87.4. The molecule has 2 aliphatic carbocycles. The Labute approximate surface area is 653 Å². The number of Topliss-reactive ketones (excluding diaryl/α,β-unsaturated/α-hetero) is 1. The molecule has 2 bridgehead atoms. The Kier molecular flexibility index (Phi) is 32.3. The molecule has 108 heavy (non-hydrogen) atoms. The topological polar surface area (TPSA) is 411 Å². The van der Waals surface area contributed by atoms with Gasteiger partial charge in [-0.3, -0.25) is 34.1 Å². The molecule has 4 saturated heterocycles. The summed E-state index contributed by atoms with van der Waals surface area (Å²) in [6, 6.07) is 5.36. The number of hydrogen-bond donors (Lipinski definition) is 9. The number of ether oxygens (including phenoxy) is 13. The van der Waals surface area contributed by atoms with Gasteiger partial charge in [0.15, 0.2) is 41.8 Å². The van der Waals surface area contributed by atoms with Gasteiger partial charge in [-0.2, -0.15) is 10.6 Å². The van der Waals surface area contributed by atoms with E-state index in [9.17, 15) is 54.3 Å². The fourth-order valence-corrected chi connectivity index (χ4v) is 17.1.